The number of hydrogen-bond donors (Lipinski definition) is 1. The van der Waals surface area contributed by atoms with E-state index in [2.05, 4.69) is 39.7 Å². The summed E-state index contributed by atoms with van der Waals surface area (Å²) in [5, 5.41) is 7.56. The second-order valence-corrected chi connectivity index (χ2v) is 8.49. The van der Waals surface area contributed by atoms with Crippen molar-refractivity contribution in [3.63, 3.8) is 0 Å². The molecule has 0 atom stereocenters. The number of fused-ring (bicyclic) bond motifs is 3. The van der Waals surface area contributed by atoms with Crippen LogP contribution in [0.25, 0.3) is 17.2 Å². The fourth-order valence-electron chi connectivity index (χ4n) is 4.41. The van der Waals surface area contributed by atoms with Crippen LogP contribution in [0.4, 0.5) is 0 Å². The molecule has 1 fully saturated rings. The van der Waals surface area contributed by atoms with Crippen LogP contribution in [0.3, 0.4) is 0 Å². The lowest BCUT2D eigenvalue weighted by Gasteiger charge is -2.12. The molecule has 1 N–H and O–H groups in total. The van der Waals surface area contributed by atoms with Gasteiger partial charge in [0.25, 0.3) is 11.9 Å². The van der Waals surface area contributed by atoms with Gasteiger partial charge in [0, 0.05) is 37.4 Å². The summed E-state index contributed by atoms with van der Waals surface area (Å²) in [6, 6.07) is 8.48. The van der Waals surface area contributed by atoms with Crippen molar-refractivity contribution in [1.82, 2.24) is 25.1 Å². The van der Waals surface area contributed by atoms with Crippen molar-refractivity contribution in [2.75, 3.05) is 19.8 Å². The maximum absolute atomic E-state index is 12.9. The summed E-state index contributed by atoms with van der Waals surface area (Å²) in [6.07, 6.45) is 9.61. The van der Waals surface area contributed by atoms with Crippen molar-refractivity contribution in [1.29, 1.82) is 0 Å². The smallest absolute Gasteiger partial charge is 0.254 e. The molecule has 1 saturated carbocycles. The summed E-state index contributed by atoms with van der Waals surface area (Å²) in [5.74, 6) is 0.781. The lowest BCUT2D eigenvalue weighted by molar-refractivity contribution is 0.0943. The van der Waals surface area contributed by atoms with E-state index in [1.807, 2.05) is 13.1 Å². The van der Waals surface area contributed by atoms with Gasteiger partial charge in [0.2, 0.25) is 0 Å². The van der Waals surface area contributed by atoms with E-state index in [1.54, 1.807) is 10.9 Å². The summed E-state index contributed by atoms with van der Waals surface area (Å²) in [4.78, 5) is 22.5. The molecule has 0 spiro atoms. The highest BCUT2D eigenvalue weighted by Gasteiger charge is 2.33. The molecule has 166 valence electrons. The van der Waals surface area contributed by atoms with Crippen molar-refractivity contribution in [3.8, 4) is 17.2 Å². The van der Waals surface area contributed by atoms with E-state index in [1.165, 1.54) is 16.7 Å². The minimum Gasteiger partial charge on any atom is -0.382 e. The molecule has 2 heterocycles. The third-order valence-electron chi connectivity index (χ3n) is 6.18. The molecule has 0 aliphatic heterocycles. The van der Waals surface area contributed by atoms with Gasteiger partial charge in [-0.2, -0.15) is 5.10 Å². The molecule has 0 radical (unpaired) electrons. The molecule has 7 nitrogen and oxygen atoms in total. The van der Waals surface area contributed by atoms with Gasteiger partial charge in [-0.15, -0.1) is 0 Å². The summed E-state index contributed by atoms with van der Waals surface area (Å²) in [5.41, 5.74) is 6.22. The number of carbonyl (C=O) groups excluding carboxylic acids is 1. The zero-order valence-electron chi connectivity index (χ0n) is 18.5. The van der Waals surface area contributed by atoms with Crippen LogP contribution in [0.2, 0.25) is 0 Å². The number of nitrogens with one attached hydrogen (secondary N) is 1. The van der Waals surface area contributed by atoms with Gasteiger partial charge in [0.15, 0.2) is 0 Å². The molecule has 1 aromatic carbocycles. The number of hydrogen-bond acceptors (Lipinski definition) is 5. The second-order valence-electron chi connectivity index (χ2n) is 8.49. The molecule has 32 heavy (non-hydrogen) atoms. The predicted octanol–water partition coefficient (Wildman–Crippen LogP) is 3.85. The fraction of sp³-hybridized carbons (Fsp3) is 0.440. The molecular formula is C25H29N5O2. The minimum atomic E-state index is -0.0882. The molecule has 0 bridgehead atoms. The molecule has 1 amide bonds. The van der Waals surface area contributed by atoms with Crippen LogP contribution in [0, 0.1) is 0 Å². The van der Waals surface area contributed by atoms with E-state index in [9.17, 15) is 4.79 Å². The van der Waals surface area contributed by atoms with Crippen LogP contribution in [-0.2, 0) is 17.6 Å². The zero-order valence-corrected chi connectivity index (χ0v) is 18.5. The first-order chi connectivity index (χ1) is 15.8. The number of ether oxygens (including phenoxy) is 1. The van der Waals surface area contributed by atoms with Gasteiger partial charge in [0.1, 0.15) is 0 Å². The van der Waals surface area contributed by atoms with E-state index >= 15 is 0 Å². The Morgan fingerprint density at radius 3 is 2.88 bits per heavy atom. The van der Waals surface area contributed by atoms with Crippen molar-refractivity contribution < 1.29 is 9.53 Å². The highest BCUT2D eigenvalue weighted by Crippen LogP contribution is 2.42. The van der Waals surface area contributed by atoms with E-state index < -0.39 is 0 Å². The Bertz CT molecular complexity index is 1120. The Labute approximate surface area is 188 Å². The lowest BCUT2D eigenvalue weighted by Crippen LogP contribution is -2.26. The van der Waals surface area contributed by atoms with E-state index in [-0.39, 0.29) is 5.91 Å². The maximum atomic E-state index is 12.9. The summed E-state index contributed by atoms with van der Waals surface area (Å²) >= 11 is 0. The van der Waals surface area contributed by atoms with Crippen LogP contribution >= 0.6 is 0 Å². The molecule has 2 aromatic heterocycles. The quantitative estimate of drug-likeness (QED) is 0.548. The number of aromatic nitrogens is 4. The van der Waals surface area contributed by atoms with Gasteiger partial charge in [-0.3, -0.25) is 4.79 Å². The Balaban J connectivity index is 1.45. The average molecular weight is 432 g/mol. The van der Waals surface area contributed by atoms with E-state index in [4.69, 9.17) is 9.72 Å². The summed E-state index contributed by atoms with van der Waals surface area (Å²) < 4.78 is 7.13. The van der Waals surface area contributed by atoms with Gasteiger partial charge in [-0.05, 0) is 56.6 Å². The highest BCUT2D eigenvalue weighted by molar-refractivity contribution is 5.95. The first-order valence-electron chi connectivity index (χ1n) is 11.6. The summed E-state index contributed by atoms with van der Waals surface area (Å²) in [7, 11) is 0. The van der Waals surface area contributed by atoms with Crippen molar-refractivity contribution >= 4 is 5.91 Å². The van der Waals surface area contributed by atoms with Crippen LogP contribution in [0.5, 0.6) is 0 Å². The van der Waals surface area contributed by atoms with Crippen LogP contribution in [0.1, 0.15) is 65.7 Å². The average Bonchev–Trinajstić information content (AvgIpc) is 3.59. The SMILES string of the molecule is CCOCCCNC(=O)c1cnn(-c2ncc3c(n2)-c2ccccc2CCC3)c1C1CC1. The highest BCUT2D eigenvalue weighted by atomic mass is 16.5. The van der Waals surface area contributed by atoms with E-state index in [0.29, 0.717) is 37.2 Å². The number of carbonyl (C=O) groups is 1. The normalized spacial score (nSPS) is 15.0. The number of amides is 1. The monoisotopic (exact) mass is 431 g/mol. The molecule has 2 aliphatic carbocycles. The molecule has 0 unspecified atom stereocenters. The molecule has 0 saturated heterocycles. The third kappa shape index (κ3) is 4.17. The van der Waals surface area contributed by atoms with Crippen molar-refractivity contribution in [2.24, 2.45) is 0 Å². The van der Waals surface area contributed by atoms with Gasteiger partial charge < -0.3 is 10.1 Å². The molecular weight excluding hydrogens is 402 g/mol. The molecule has 5 rings (SSSR count). The molecule has 7 heteroatoms. The number of benzene rings is 1. The Morgan fingerprint density at radius 1 is 1.19 bits per heavy atom. The standard InChI is InChI=1S/C25H29N5O2/c1-2-32-14-6-13-26-24(31)21-16-28-30(23(21)18-11-12-18)25-27-15-19-9-5-8-17-7-3-4-10-20(17)22(19)29-25/h3-4,7,10,15-16,18H,2,5-6,8-9,11-14H2,1H3,(H,26,31). The largest absolute Gasteiger partial charge is 0.382 e. The Morgan fingerprint density at radius 2 is 2.03 bits per heavy atom. The minimum absolute atomic E-state index is 0.0882. The first kappa shape index (κ1) is 20.8. The first-order valence-corrected chi connectivity index (χ1v) is 11.6. The van der Waals surface area contributed by atoms with Gasteiger partial charge in [0.05, 0.1) is 23.1 Å². The van der Waals surface area contributed by atoms with Crippen molar-refractivity contribution in [2.45, 2.75) is 51.4 Å². The van der Waals surface area contributed by atoms with Gasteiger partial charge >= 0.3 is 0 Å². The van der Waals surface area contributed by atoms with Crippen LogP contribution in [0.15, 0.2) is 36.7 Å². The Kier molecular flexibility index (Phi) is 5.99. The topological polar surface area (TPSA) is 81.9 Å². The lowest BCUT2D eigenvalue weighted by atomic mass is 10.0. The molecule has 3 aromatic rings. The van der Waals surface area contributed by atoms with Crippen molar-refractivity contribution in [3.05, 3.63) is 59.0 Å². The Hall–Kier alpha value is -3.06. The second kappa shape index (κ2) is 9.20. The van der Waals surface area contributed by atoms with E-state index in [0.717, 1.165) is 49.9 Å². The predicted molar refractivity (Wildman–Crippen MR) is 122 cm³/mol. The third-order valence-corrected chi connectivity index (χ3v) is 6.18. The zero-order chi connectivity index (χ0) is 21.9. The van der Waals surface area contributed by atoms with Gasteiger partial charge in [-0.25, -0.2) is 14.6 Å². The van der Waals surface area contributed by atoms with Crippen LogP contribution in [-0.4, -0.2) is 45.4 Å². The number of nitrogens with zero attached hydrogens (tertiary/aromatic N) is 4. The summed E-state index contributed by atoms with van der Waals surface area (Å²) in [6.45, 7) is 3.89. The maximum Gasteiger partial charge on any atom is 0.254 e. The molecule has 2 aliphatic rings. The van der Waals surface area contributed by atoms with Crippen LogP contribution < -0.4 is 5.32 Å². The fourth-order valence-corrected chi connectivity index (χ4v) is 4.41. The van der Waals surface area contributed by atoms with Gasteiger partial charge in [-0.1, -0.05) is 24.3 Å². The number of aryl methyl sites for hydroxylation is 2. The number of rotatable bonds is 8.